The van der Waals surface area contributed by atoms with Gasteiger partial charge in [-0.25, -0.2) is 4.99 Å². The van der Waals surface area contributed by atoms with Crippen molar-refractivity contribution in [1.29, 1.82) is 0 Å². The molecule has 1 N–H and O–H groups in total. The number of amidine groups is 1. The summed E-state index contributed by atoms with van der Waals surface area (Å²) in [6.45, 7) is 2.75. The number of anilines is 1. The van der Waals surface area contributed by atoms with Gasteiger partial charge in [-0.15, -0.1) is 0 Å². The van der Waals surface area contributed by atoms with E-state index in [2.05, 4.69) is 10.3 Å². The molecule has 1 unspecified atom stereocenters. The lowest BCUT2D eigenvalue weighted by atomic mass is 10.3. The fourth-order valence-electron chi connectivity index (χ4n) is 1.19. The molecular weight excluding hydrogens is 164 g/mol. The molecule has 1 aliphatic heterocycles. The lowest BCUT2D eigenvalue weighted by Gasteiger charge is -2.07. The summed E-state index contributed by atoms with van der Waals surface area (Å²) in [5, 5.41) is 3.10. The Labute approximate surface area is 77.4 Å². The number of rotatable bonds is 1. The Morgan fingerprint density at radius 1 is 1.38 bits per heavy atom. The molecule has 68 valence electrons. The molecular formula is C10H12N2O. The third kappa shape index (κ3) is 1.99. The summed E-state index contributed by atoms with van der Waals surface area (Å²) in [7, 11) is 0. The second-order valence-electron chi connectivity index (χ2n) is 3.07. The summed E-state index contributed by atoms with van der Waals surface area (Å²) in [6.07, 6.45) is 0.200. The molecule has 0 saturated heterocycles. The van der Waals surface area contributed by atoms with Gasteiger partial charge in [0, 0.05) is 5.69 Å². The minimum absolute atomic E-state index is 0.200. The Hall–Kier alpha value is -1.51. The highest BCUT2D eigenvalue weighted by Crippen LogP contribution is 2.09. The van der Waals surface area contributed by atoms with Crippen LogP contribution < -0.4 is 5.32 Å². The predicted molar refractivity (Wildman–Crippen MR) is 52.9 cm³/mol. The molecule has 0 spiro atoms. The number of nitrogens with zero attached hydrogens (tertiary/aromatic N) is 1. The first-order chi connectivity index (χ1) is 6.34. The van der Waals surface area contributed by atoms with Crippen LogP contribution in [0.4, 0.5) is 5.69 Å². The topological polar surface area (TPSA) is 33.6 Å². The van der Waals surface area contributed by atoms with Crippen molar-refractivity contribution in [2.75, 3.05) is 11.9 Å². The average Bonchev–Trinajstić information content (AvgIpc) is 2.53. The van der Waals surface area contributed by atoms with Crippen LogP contribution in [0.15, 0.2) is 35.3 Å². The van der Waals surface area contributed by atoms with Gasteiger partial charge >= 0.3 is 0 Å². The number of hydrogen-bond donors (Lipinski definition) is 1. The Bertz CT molecular complexity index is 308. The lowest BCUT2D eigenvalue weighted by molar-refractivity contribution is 0.245. The van der Waals surface area contributed by atoms with Crippen molar-refractivity contribution >= 4 is 11.7 Å². The molecule has 1 aromatic rings. The third-order valence-corrected chi connectivity index (χ3v) is 1.83. The second kappa shape index (κ2) is 3.47. The van der Waals surface area contributed by atoms with E-state index in [0.29, 0.717) is 6.02 Å². The van der Waals surface area contributed by atoms with Crippen LogP contribution in [0.2, 0.25) is 0 Å². The van der Waals surface area contributed by atoms with Crippen molar-refractivity contribution in [3.63, 3.8) is 0 Å². The second-order valence-corrected chi connectivity index (χ2v) is 3.07. The normalized spacial score (nSPS) is 20.7. The number of aliphatic imine (C=N–C) groups is 1. The van der Waals surface area contributed by atoms with Gasteiger partial charge in [0.15, 0.2) is 0 Å². The largest absolute Gasteiger partial charge is 0.460 e. The third-order valence-electron chi connectivity index (χ3n) is 1.83. The van der Waals surface area contributed by atoms with Crippen LogP contribution in [-0.2, 0) is 4.74 Å². The lowest BCUT2D eigenvalue weighted by Crippen LogP contribution is -2.15. The van der Waals surface area contributed by atoms with E-state index in [-0.39, 0.29) is 6.10 Å². The molecule has 0 aliphatic carbocycles. The molecule has 1 aliphatic rings. The van der Waals surface area contributed by atoms with E-state index in [9.17, 15) is 0 Å². The van der Waals surface area contributed by atoms with E-state index in [4.69, 9.17) is 4.74 Å². The quantitative estimate of drug-likeness (QED) is 0.708. The van der Waals surface area contributed by atoms with E-state index in [1.807, 2.05) is 37.3 Å². The number of hydrogen-bond acceptors (Lipinski definition) is 3. The molecule has 0 radical (unpaired) electrons. The van der Waals surface area contributed by atoms with Crippen molar-refractivity contribution in [2.45, 2.75) is 13.0 Å². The zero-order valence-corrected chi connectivity index (χ0v) is 7.53. The van der Waals surface area contributed by atoms with Crippen LogP contribution in [0.1, 0.15) is 6.92 Å². The highest BCUT2D eigenvalue weighted by Gasteiger charge is 2.14. The summed E-state index contributed by atoms with van der Waals surface area (Å²) in [5.41, 5.74) is 1.01. The molecule has 1 heterocycles. The minimum atomic E-state index is 0.200. The summed E-state index contributed by atoms with van der Waals surface area (Å²) in [5.74, 6) is 0. The Kier molecular flexibility index (Phi) is 2.17. The average molecular weight is 176 g/mol. The van der Waals surface area contributed by atoms with Crippen LogP contribution in [0.25, 0.3) is 0 Å². The van der Waals surface area contributed by atoms with Crippen LogP contribution in [0.5, 0.6) is 0 Å². The fourth-order valence-corrected chi connectivity index (χ4v) is 1.19. The van der Waals surface area contributed by atoms with Gasteiger partial charge in [0.05, 0.1) is 6.54 Å². The van der Waals surface area contributed by atoms with Crippen molar-refractivity contribution in [2.24, 2.45) is 4.99 Å². The molecule has 0 saturated carbocycles. The summed E-state index contributed by atoms with van der Waals surface area (Å²) in [4.78, 5) is 4.20. The first-order valence-electron chi connectivity index (χ1n) is 4.38. The number of nitrogens with one attached hydrogen (secondary N) is 1. The number of benzene rings is 1. The van der Waals surface area contributed by atoms with E-state index in [1.165, 1.54) is 0 Å². The van der Waals surface area contributed by atoms with Crippen LogP contribution in [0, 0.1) is 0 Å². The van der Waals surface area contributed by atoms with E-state index < -0.39 is 0 Å². The van der Waals surface area contributed by atoms with Crippen LogP contribution in [-0.4, -0.2) is 18.7 Å². The van der Waals surface area contributed by atoms with E-state index >= 15 is 0 Å². The molecule has 0 aromatic heterocycles. The molecule has 0 amide bonds. The summed E-state index contributed by atoms with van der Waals surface area (Å²) in [6, 6.07) is 10.5. The molecule has 0 bridgehead atoms. The van der Waals surface area contributed by atoms with Gasteiger partial charge in [-0.2, -0.15) is 0 Å². The molecule has 1 atom stereocenters. The monoisotopic (exact) mass is 176 g/mol. The summed E-state index contributed by atoms with van der Waals surface area (Å²) < 4.78 is 5.40. The molecule has 1 aromatic carbocycles. The Morgan fingerprint density at radius 2 is 2.15 bits per heavy atom. The van der Waals surface area contributed by atoms with Gasteiger partial charge in [0.2, 0.25) is 0 Å². The molecule has 3 nitrogen and oxygen atoms in total. The first-order valence-corrected chi connectivity index (χ1v) is 4.38. The SMILES string of the molecule is CC1CN=C(Nc2ccccc2)O1. The minimum Gasteiger partial charge on any atom is -0.460 e. The van der Waals surface area contributed by atoms with Crippen molar-refractivity contribution < 1.29 is 4.74 Å². The molecule has 2 rings (SSSR count). The standard InChI is InChI=1S/C10H12N2O/c1-8-7-11-10(13-8)12-9-5-3-2-4-6-9/h2-6,8H,7H2,1H3,(H,11,12). The smallest absolute Gasteiger partial charge is 0.289 e. The molecule has 13 heavy (non-hydrogen) atoms. The predicted octanol–water partition coefficient (Wildman–Crippen LogP) is 1.87. The van der Waals surface area contributed by atoms with Crippen molar-refractivity contribution in [3.05, 3.63) is 30.3 Å². The summed E-state index contributed by atoms with van der Waals surface area (Å²) >= 11 is 0. The van der Waals surface area contributed by atoms with Gasteiger partial charge < -0.3 is 10.1 Å². The highest BCUT2D eigenvalue weighted by atomic mass is 16.5. The molecule has 0 fully saturated rings. The van der Waals surface area contributed by atoms with Crippen molar-refractivity contribution in [1.82, 2.24) is 0 Å². The van der Waals surface area contributed by atoms with Gasteiger partial charge in [-0.3, -0.25) is 0 Å². The maximum Gasteiger partial charge on any atom is 0.289 e. The number of ether oxygens (including phenoxy) is 1. The van der Waals surface area contributed by atoms with Crippen LogP contribution in [0.3, 0.4) is 0 Å². The van der Waals surface area contributed by atoms with E-state index in [0.717, 1.165) is 12.2 Å². The number of para-hydroxylation sites is 1. The van der Waals surface area contributed by atoms with E-state index in [1.54, 1.807) is 0 Å². The maximum atomic E-state index is 5.40. The van der Waals surface area contributed by atoms with Gasteiger partial charge in [0.1, 0.15) is 6.10 Å². The van der Waals surface area contributed by atoms with Gasteiger partial charge in [0.25, 0.3) is 6.02 Å². The maximum absolute atomic E-state index is 5.40. The van der Waals surface area contributed by atoms with Gasteiger partial charge in [-0.05, 0) is 19.1 Å². The Morgan fingerprint density at radius 3 is 2.77 bits per heavy atom. The van der Waals surface area contributed by atoms with Crippen molar-refractivity contribution in [3.8, 4) is 0 Å². The first kappa shape index (κ1) is 8.10. The fraction of sp³-hybridized carbons (Fsp3) is 0.300. The highest BCUT2D eigenvalue weighted by molar-refractivity contribution is 5.89. The van der Waals surface area contributed by atoms with Crippen LogP contribution >= 0.6 is 0 Å². The van der Waals surface area contributed by atoms with Gasteiger partial charge in [-0.1, -0.05) is 18.2 Å². The molecule has 3 heteroatoms. The Balaban J connectivity index is 2.00. The zero-order chi connectivity index (χ0) is 9.10. The zero-order valence-electron chi connectivity index (χ0n) is 7.53.